The summed E-state index contributed by atoms with van der Waals surface area (Å²) in [7, 11) is 0. The maximum Gasteiger partial charge on any atom is 0.505 e. The van der Waals surface area contributed by atoms with Gasteiger partial charge >= 0.3 is 6.16 Å². The van der Waals surface area contributed by atoms with Gasteiger partial charge in [0.2, 0.25) is 0 Å². The molecule has 0 aromatic rings. The maximum absolute atomic E-state index is 10.2. The zero-order valence-corrected chi connectivity index (χ0v) is 16.7. The molecular weight excluding hydrogens is 316 g/mol. The summed E-state index contributed by atoms with van der Waals surface area (Å²) in [6.07, 6.45) is 8.73. The predicted molar refractivity (Wildman–Crippen MR) is 102 cm³/mol. The Bertz CT molecular complexity index is 351. The molecule has 2 fully saturated rings. The van der Waals surface area contributed by atoms with Crippen molar-refractivity contribution in [2.45, 2.75) is 79.1 Å². The fraction of sp³-hybridized carbons (Fsp3) is 0.952. The minimum atomic E-state index is -1.14. The van der Waals surface area contributed by atoms with Gasteiger partial charge in [0.05, 0.1) is 6.61 Å². The van der Waals surface area contributed by atoms with Gasteiger partial charge in [-0.05, 0) is 86.9 Å². The number of hydrogen-bond acceptors (Lipinski definition) is 3. The molecule has 0 aliphatic heterocycles. The van der Waals surface area contributed by atoms with Crippen LogP contribution in [0.2, 0.25) is 0 Å². The summed E-state index contributed by atoms with van der Waals surface area (Å²) in [6, 6.07) is 0. The molecule has 25 heavy (non-hydrogen) atoms. The number of aliphatic hydroxyl groups excluding tert-OH is 1. The molecule has 2 rings (SSSR count). The van der Waals surface area contributed by atoms with Gasteiger partial charge in [0.15, 0.2) is 0 Å². The lowest BCUT2D eigenvalue weighted by molar-refractivity contribution is 0.0640. The van der Waals surface area contributed by atoms with Crippen LogP contribution in [0.25, 0.3) is 0 Å². The molecule has 2 N–H and O–H groups in total. The van der Waals surface area contributed by atoms with E-state index in [1.165, 1.54) is 38.5 Å². The van der Waals surface area contributed by atoms with Crippen molar-refractivity contribution in [3.8, 4) is 0 Å². The van der Waals surface area contributed by atoms with E-state index >= 15 is 0 Å². The largest absolute Gasteiger partial charge is 0.505 e. The third-order valence-electron chi connectivity index (χ3n) is 6.37. The average Bonchev–Trinajstić information content (AvgIpc) is 2.60. The zero-order valence-electron chi connectivity index (χ0n) is 16.7. The number of carbonyl (C=O) groups is 1. The van der Waals surface area contributed by atoms with Gasteiger partial charge in [0.25, 0.3) is 0 Å². The van der Waals surface area contributed by atoms with Gasteiger partial charge in [0.1, 0.15) is 0 Å². The minimum absolute atomic E-state index is 0.389. The highest BCUT2D eigenvalue weighted by molar-refractivity contribution is 5.56. The van der Waals surface area contributed by atoms with Crippen molar-refractivity contribution >= 4 is 6.16 Å². The van der Waals surface area contributed by atoms with E-state index in [0.717, 1.165) is 36.5 Å². The smallest absolute Gasteiger partial charge is 0.450 e. The van der Waals surface area contributed by atoms with Crippen LogP contribution in [0.5, 0.6) is 0 Å². The summed E-state index contributed by atoms with van der Waals surface area (Å²) < 4.78 is 4.59. The molecule has 0 heterocycles. The van der Waals surface area contributed by atoms with E-state index in [-0.39, 0.29) is 0 Å². The van der Waals surface area contributed by atoms with Crippen LogP contribution in [0.4, 0.5) is 4.79 Å². The second kappa shape index (κ2) is 11.8. The van der Waals surface area contributed by atoms with E-state index < -0.39 is 6.16 Å². The molecule has 0 radical (unpaired) electrons. The molecule has 0 spiro atoms. The van der Waals surface area contributed by atoms with E-state index in [9.17, 15) is 4.79 Å². The molecule has 2 aliphatic rings. The molecule has 4 heteroatoms. The highest BCUT2D eigenvalue weighted by atomic mass is 16.7. The van der Waals surface area contributed by atoms with Crippen LogP contribution >= 0.6 is 0 Å². The number of ether oxygens (including phenoxy) is 1. The Morgan fingerprint density at radius 2 is 1.24 bits per heavy atom. The summed E-state index contributed by atoms with van der Waals surface area (Å²) >= 11 is 0. The molecule has 0 amide bonds. The first kappa shape index (κ1) is 22.3. The van der Waals surface area contributed by atoms with E-state index in [1.807, 2.05) is 0 Å². The van der Waals surface area contributed by atoms with Crippen molar-refractivity contribution in [1.29, 1.82) is 0 Å². The monoisotopic (exact) mass is 356 g/mol. The van der Waals surface area contributed by atoms with E-state index in [4.69, 9.17) is 10.2 Å². The first-order valence-electron chi connectivity index (χ1n) is 10.3. The molecule has 4 nitrogen and oxygen atoms in total. The number of rotatable bonds is 5. The van der Waals surface area contributed by atoms with Gasteiger partial charge in [0, 0.05) is 6.61 Å². The first-order chi connectivity index (χ1) is 11.8. The van der Waals surface area contributed by atoms with Gasteiger partial charge in [-0.25, -0.2) is 4.79 Å². The maximum atomic E-state index is 10.2. The quantitative estimate of drug-likeness (QED) is 0.631. The molecule has 148 valence electrons. The molecule has 0 aromatic carbocycles. The highest BCUT2D eigenvalue weighted by Gasteiger charge is 2.24. The number of carboxylic acid groups (broad SMARTS) is 1. The van der Waals surface area contributed by atoms with E-state index in [1.54, 1.807) is 0 Å². The Hall–Kier alpha value is -0.770. The lowest BCUT2D eigenvalue weighted by Crippen LogP contribution is -2.22. The molecule has 0 saturated heterocycles. The molecule has 0 atom stereocenters. The molecule has 0 aromatic heterocycles. The van der Waals surface area contributed by atoms with Crippen molar-refractivity contribution in [2.75, 3.05) is 13.2 Å². The van der Waals surface area contributed by atoms with Crippen LogP contribution in [0.15, 0.2) is 0 Å². The molecule has 0 bridgehead atoms. The molecule has 0 unspecified atom stereocenters. The van der Waals surface area contributed by atoms with E-state index in [0.29, 0.717) is 25.0 Å². The summed E-state index contributed by atoms with van der Waals surface area (Å²) in [4.78, 5) is 10.2. The van der Waals surface area contributed by atoms with Gasteiger partial charge < -0.3 is 14.9 Å². The van der Waals surface area contributed by atoms with E-state index in [2.05, 4.69) is 32.4 Å². The first-order valence-corrected chi connectivity index (χ1v) is 10.3. The minimum Gasteiger partial charge on any atom is -0.450 e. The van der Waals surface area contributed by atoms with Crippen molar-refractivity contribution in [1.82, 2.24) is 0 Å². The summed E-state index contributed by atoms with van der Waals surface area (Å²) in [6.45, 7) is 9.94. The Kier molecular flexibility index (Phi) is 10.5. The van der Waals surface area contributed by atoms with Gasteiger partial charge in [-0.2, -0.15) is 0 Å². The van der Waals surface area contributed by atoms with Gasteiger partial charge in [-0.15, -0.1) is 0 Å². The second-order valence-corrected chi connectivity index (χ2v) is 8.81. The predicted octanol–water partition coefficient (Wildman–Crippen LogP) is 5.58. The lowest BCUT2D eigenvalue weighted by atomic mass is 9.77. The van der Waals surface area contributed by atoms with Crippen LogP contribution < -0.4 is 0 Å². The van der Waals surface area contributed by atoms with Crippen LogP contribution in [0.3, 0.4) is 0 Å². The van der Waals surface area contributed by atoms with Gasteiger partial charge in [-0.1, -0.05) is 27.7 Å². The average molecular weight is 357 g/mol. The standard InChI is InChI=1S/C11H20O3.C10H20O/c1-8(2)10-5-3-9(4-6-10)7-14-11(12)13;1-8(2)10-5-3-9(7-11)4-6-10/h8-10H,3-7H2,1-2H3,(H,12,13);8-11H,3-7H2,1-2H3. The number of aliphatic hydroxyl groups is 1. The Morgan fingerprint density at radius 1 is 0.840 bits per heavy atom. The summed E-state index contributed by atoms with van der Waals surface area (Å²) in [5.41, 5.74) is 0. The third-order valence-corrected chi connectivity index (χ3v) is 6.37. The van der Waals surface area contributed by atoms with Crippen molar-refractivity contribution in [2.24, 2.45) is 35.5 Å². The van der Waals surface area contributed by atoms with Crippen molar-refractivity contribution in [3.63, 3.8) is 0 Å². The Labute approximate surface area is 154 Å². The van der Waals surface area contributed by atoms with Crippen LogP contribution in [0.1, 0.15) is 79.1 Å². The van der Waals surface area contributed by atoms with Crippen molar-refractivity contribution < 1.29 is 19.7 Å². The second-order valence-electron chi connectivity index (χ2n) is 8.81. The molecule has 2 aliphatic carbocycles. The van der Waals surface area contributed by atoms with Crippen molar-refractivity contribution in [3.05, 3.63) is 0 Å². The fourth-order valence-electron chi connectivity index (χ4n) is 4.25. The SMILES string of the molecule is CC(C)C1CCC(CO)CC1.CC(C)C1CCC(COC(=O)O)CC1. The zero-order chi connectivity index (χ0) is 18.8. The van der Waals surface area contributed by atoms with Gasteiger partial charge in [-0.3, -0.25) is 0 Å². The van der Waals surface area contributed by atoms with Crippen LogP contribution in [-0.4, -0.2) is 29.6 Å². The highest BCUT2D eigenvalue weighted by Crippen LogP contribution is 2.33. The summed E-state index contributed by atoms with van der Waals surface area (Å²) in [5.74, 6) is 4.44. The Balaban J connectivity index is 0.000000257. The van der Waals surface area contributed by atoms with Crippen LogP contribution in [0, 0.1) is 35.5 Å². The normalized spacial score (nSPS) is 29.9. The number of hydrogen-bond donors (Lipinski definition) is 2. The third kappa shape index (κ3) is 8.94. The molecule has 2 saturated carbocycles. The lowest BCUT2D eigenvalue weighted by Gasteiger charge is -2.30. The summed E-state index contributed by atoms with van der Waals surface area (Å²) in [5, 5.41) is 17.3. The topological polar surface area (TPSA) is 66.8 Å². The fourth-order valence-corrected chi connectivity index (χ4v) is 4.25. The Morgan fingerprint density at radius 3 is 1.56 bits per heavy atom. The molecular formula is C21H40O4. The van der Waals surface area contributed by atoms with Crippen LogP contribution in [-0.2, 0) is 4.74 Å².